The lowest BCUT2D eigenvalue weighted by molar-refractivity contribution is -0.137. The number of nitrogens with zero attached hydrogens (tertiary/aromatic N) is 3. The number of amides is 1. The molecule has 2 aliphatic heterocycles. The third kappa shape index (κ3) is 3.53. The van der Waals surface area contributed by atoms with Gasteiger partial charge in [0.25, 0.3) is 5.91 Å². The van der Waals surface area contributed by atoms with E-state index in [0.717, 1.165) is 42.6 Å². The standard InChI is InChI=1S/C24H22F3N3O2/c25-24(26,27)17-6-2-7-18(14-17)28-10-12-29(13-11-28)23(32)20-15-30-9-3-5-16-4-1-8-19(21(16)30)22(20)31/h1-2,4,6-8,14-15H,3,5,9-13H2. The molecule has 0 aliphatic carbocycles. The Hall–Kier alpha value is -3.29. The summed E-state index contributed by atoms with van der Waals surface area (Å²) in [6, 6.07) is 10.9. The fourth-order valence-electron chi connectivity index (χ4n) is 4.73. The van der Waals surface area contributed by atoms with Gasteiger partial charge in [0.1, 0.15) is 5.56 Å². The molecule has 32 heavy (non-hydrogen) atoms. The summed E-state index contributed by atoms with van der Waals surface area (Å²) in [6.07, 6.45) is -0.846. The fourth-order valence-corrected chi connectivity index (χ4v) is 4.73. The largest absolute Gasteiger partial charge is 0.416 e. The van der Waals surface area contributed by atoms with E-state index in [-0.39, 0.29) is 16.9 Å². The van der Waals surface area contributed by atoms with E-state index in [1.165, 1.54) is 6.07 Å². The van der Waals surface area contributed by atoms with Crippen molar-refractivity contribution < 1.29 is 18.0 Å². The van der Waals surface area contributed by atoms with E-state index in [9.17, 15) is 22.8 Å². The second-order valence-corrected chi connectivity index (χ2v) is 8.31. The maximum atomic E-state index is 13.2. The number of aryl methyl sites for hydroxylation is 2. The number of anilines is 1. The molecule has 1 amide bonds. The van der Waals surface area contributed by atoms with Crippen LogP contribution in [0.1, 0.15) is 27.9 Å². The smallest absolute Gasteiger partial charge is 0.368 e. The van der Waals surface area contributed by atoms with E-state index in [1.54, 1.807) is 23.2 Å². The SMILES string of the molecule is O=C(c1cn2c3c(cccc3c1=O)CCC2)N1CCN(c2cccc(C(F)(F)F)c2)CC1. The number of carbonyl (C=O) groups is 1. The predicted molar refractivity (Wildman–Crippen MR) is 116 cm³/mol. The summed E-state index contributed by atoms with van der Waals surface area (Å²) in [7, 11) is 0. The Kier molecular flexibility index (Phi) is 4.95. The van der Waals surface area contributed by atoms with E-state index in [2.05, 4.69) is 0 Å². The Bertz CT molecular complexity index is 1260. The van der Waals surface area contributed by atoms with Gasteiger partial charge in [0.15, 0.2) is 0 Å². The summed E-state index contributed by atoms with van der Waals surface area (Å²) < 4.78 is 41.1. The number of pyridine rings is 1. The summed E-state index contributed by atoms with van der Waals surface area (Å²) in [4.78, 5) is 29.8. The number of hydrogen-bond donors (Lipinski definition) is 0. The molecule has 0 N–H and O–H groups in total. The van der Waals surface area contributed by atoms with Crippen molar-refractivity contribution in [2.45, 2.75) is 25.6 Å². The number of carbonyl (C=O) groups excluding carboxylic acids is 1. The minimum absolute atomic E-state index is 0.157. The van der Waals surface area contributed by atoms with Crippen molar-refractivity contribution in [3.05, 3.63) is 75.6 Å². The molecule has 3 heterocycles. The van der Waals surface area contributed by atoms with Crippen molar-refractivity contribution in [2.24, 2.45) is 0 Å². The molecule has 5 rings (SSSR count). The van der Waals surface area contributed by atoms with Gasteiger partial charge in [-0.3, -0.25) is 9.59 Å². The lowest BCUT2D eigenvalue weighted by Crippen LogP contribution is -2.49. The van der Waals surface area contributed by atoms with Gasteiger partial charge >= 0.3 is 6.18 Å². The molecular formula is C24H22F3N3O2. The Labute approximate surface area is 182 Å². The number of hydrogen-bond acceptors (Lipinski definition) is 3. The maximum Gasteiger partial charge on any atom is 0.416 e. The molecule has 1 fully saturated rings. The van der Waals surface area contributed by atoms with Crippen LogP contribution in [0, 0.1) is 0 Å². The lowest BCUT2D eigenvalue weighted by Gasteiger charge is -2.36. The van der Waals surface area contributed by atoms with Crippen LogP contribution in [0.5, 0.6) is 0 Å². The zero-order chi connectivity index (χ0) is 22.5. The van der Waals surface area contributed by atoms with E-state index < -0.39 is 11.7 Å². The third-order valence-corrected chi connectivity index (χ3v) is 6.36. The van der Waals surface area contributed by atoms with Gasteiger partial charge in [-0.15, -0.1) is 0 Å². The highest BCUT2D eigenvalue weighted by molar-refractivity contribution is 5.98. The molecule has 166 valence electrons. The Morgan fingerprint density at radius 1 is 0.938 bits per heavy atom. The van der Waals surface area contributed by atoms with Gasteiger partial charge < -0.3 is 14.4 Å². The Morgan fingerprint density at radius 2 is 1.69 bits per heavy atom. The molecule has 0 atom stereocenters. The first-order chi connectivity index (χ1) is 15.3. The number of benzene rings is 2. The molecule has 1 saturated heterocycles. The first-order valence-corrected chi connectivity index (χ1v) is 10.7. The van der Waals surface area contributed by atoms with Crippen LogP contribution >= 0.6 is 0 Å². The number of rotatable bonds is 2. The Balaban J connectivity index is 1.37. The zero-order valence-electron chi connectivity index (χ0n) is 17.4. The topological polar surface area (TPSA) is 45.6 Å². The van der Waals surface area contributed by atoms with Gasteiger partial charge in [0.05, 0.1) is 11.1 Å². The van der Waals surface area contributed by atoms with Crippen LogP contribution in [0.25, 0.3) is 10.9 Å². The third-order valence-electron chi connectivity index (χ3n) is 6.36. The van der Waals surface area contributed by atoms with Gasteiger partial charge in [0.2, 0.25) is 5.43 Å². The van der Waals surface area contributed by atoms with Crippen molar-refractivity contribution >= 4 is 22.5 Å². The molecule has 2 aliphatic rings. The molecule has 0 bridgehead atoms. The molecule has 8 heteroatoms. The molecule has 3 aromatic rings. The van der Waals surface area contributed by atoms with Gasteiger partial charge in [-0.2, -0.15) is 13.2 Å². The summed E-state index contributed by atoms with van der Waals surface area (Å²) in [5.41, 5.74) is 1.73. The molecular weight excluding hydrogens is 419 g/mol. The molecule has 1 aromatic heterocycles. The minimum Gasteiger partial charge on any atom is -0.368 e. The van der Waals surface area contributed by atoms with Crippen LogP contribution in [0.3, 0.4) is 0 Å². The lowest BCUT2D eigenvalue weighted by atomic mass is 9.99. The maximum absolute atomic E-state index is 13.2. The highest BCUT2D eigenvalue weighted by Crippen LogP contribution is 2.32. The van der Waals surface area contributed by atoms with E-state index in [0.29, 0.717) is 37.3 Å². The Morgan fingerprint density at radius 3 is 2.44 bits per heavy atom. The average Bonchev–Trinajstić information content (AvgIpc) is 2.80. The fraction of sp³-hybridized carbons (Fsp3) is 0.333. The zero-order valence-corrected chi connectivity index (χ0v) is 17.4. The van der Waals surface area contributed by atoms with E-state index in [1.807, 2.05) is 21.6 Å². The van der Waals surface area contributed by atoms with Crippen molar-refractivity contribution in [2.75, 3.05) is 31.1 Å². The molecule has 0 spiro atoms. The van der Waals surface area contributed by atoms with Crippen LogP contribution in [0.15, 0.2) is 53.5 Å². The van der Waals surface area contributed by atoms with Crippen LogP contribution < -0.4 is 10.3 Å². The number of piperazine rings is 1. The van der Waals surface area contributed by atoms with E-state index in [4.69, 9.17) is 0 Å². The van der Waals surface area contributed by atoms with Gasteiger partial charge in [-0.25, -0.2) is 0 Å². The van der Waals surface area contributed by atoms with Gasteiger partial charge in [-0.1, -0.05) is 18.2 Å². The monoisotopic (exact) mass is 441 g/mol. The van der Waals surface area contributed by atoms with Crippen LogP contribution in [0.2, 0.25) is 0 Å². The number of para-hydroxylation sites is 1. The number of aromatic nitrogens is 1. The number of halogens is 3. The highest BCUT2D eigenvalue weighted by Gasteiger charge is 2.31. The number of alkyl halides is 3. The minimum atomic E-state index is -4.40. The second-order valence-electron chi connectivity index (χ2n) is 8.31. The van der Waals surface area contributed by atoms with Crippen LogP contribution in [-0.4, -0.2) is 41.6 Å². The van der Waals surface area contributed by atoms with Crippen molar-refractivity contribution in [1.82, 2.24) is 9.47 Å². The molecule has 0 radical (unpaired) electrons. The van der Waals surface area contributed by atoms with Crippen molar-refractivity contribution in [3.63, 3.8) is 0 Å². The van der Waals surface area contributed by atoms with Crippen molar-refractivity contribution in [3.8, 4) is 0 Å². The summed E-state index contributed by atoms with van der Waals surface area (Å²) in [5.74, 6) is -0.319. The van der Waals surface area contributed by atoms with Crippen LogP contribution in [-0.2, 0) is 19.1 Å². The molecule has 0 unspecified atom stereocenters. The molecule has 5 nitrogen and oxygen atoms in total. The van der Waals surface area contributed by atoms with Gasteiger partial charge in [0, 0.05) is 50.0 Å². The predicted octanol–water partition coefficient (Wildman–Crippen LogP) is 3.93. The van der Waals surface area contributed by atoms with Crippen LogP contribution in [0.4, 0.5) is 18.9 Å². The molecule has 0 saturated carbocycles. The van der Waals surface area contributed by atoms with Crippen molar-refractivity contribution in [1.29, 1.82) is 0 Å². The summed E-state index contributed by atoms with van der Waals surface area (Å²) in [6.45, 7) is 2.24. The van der Waals surface area contributed by atoms with E-state index >= 15 is 0 Å². The normalized spacial score (nSPS) is 16.5. The van der Waals surface area contributed by atoms with Gasteiger partial charge in [-0.05, 0) is 42.7 Å². The first-order valence-electron chi connectivity index (χ1n) is 10.7. The quantitative estimate of drug-likeness (QED) is 0.606. The second kappa shape index (κ2) is 7.69. The summed E-state index contributed by atoms with van der Waals surface area (Å²) in [5, 5.41) is 0.565. The summed E-state index contributed by atoms with van der Waals surface area (Å²) >= 11 is 0. The average molecular weight is 441 g/mol. The highest BCUT2D eigenvalue weighted by atomic mass is 19.4. The molecule has 2 aromatic carbocycles. The first kappa shape index (κ1) is 20.6.